The van der Waals surface area contributed by atoms with Crippen molar-refractivity contribution in [2.24, 2.45) is 0 Å². The third kappa shape index (κ3) is 4.05. The third-order valence-electron chi connectivity index (χ3n) is 4.75. The fourth-order valence-electron chi connectivity index (χ4n) is 3.44. The number of hydrogen-bond donors (Lipinski definition) is 1. The van der Waals surface area contributed by atoms with E-state index >= 15 is 0 Å². The van der Waals surface area contributed by atoms with Gasteiger partial charge < -0.3 is 4.90 Å². The van der Waals surface area contributed by atoms with Crippen molar-refractivity contribution in [3.05, 3.63) is 48.0 Å². The Balaban J connectivity index is 1.84. The molecular weight excluding hydrogens is 332 g/mol. The molecule has 4 nitrogen and oxygen atoms in total. The minimum atomic E-state index is -3.53. The van der Waals surface area contributed by atoms with Gasteiger partial charge in [0.1, 0.15) is 0 Å². The summed E-state index contributed by atoms with van der Waals surface area (Å²) in [6.45, 7) is 0.456. The first-order valence-corrected chi connectivity index (χ1v) is 10.3. The van der Waals surface area contributed by atoms with Crippen molar-refractivity contribution in [1.29, 1.82) is 0 Å². The number of nitrogens with one attached hydrogen (secondary N) is 1. The summed E-state index contributed by atoms with van der Waals surface area (Å²) in [7, 11) is 0.403. The van der Waals surface area contributed by atoms with Crippen LogP contribution in [-0.4, -0.2) is 29.1 Å². The third-order valence-corrected chi connectivity index (χ3v) is 6.27. The van der Waals surface area contributed by atoms with E-state index in [0.717, 1.165) is 35.7 Å². The van der Waals surface area contributed by atoms with E-state index in [1.807, 2.05) is 49.3 Å². The van der Waals surface area contributed by atoms with E-state index in [0.29, 0.717) is 11.4 Å². The van der Waals surface area contributed by atoms with Gasteiger partial charge in [-0.3, -0.25) is 0 Å². The second-order valence-corrected chi connectivity index (χ2v) is 8.51. The Kier molecular flexibility index (Phi) is 5.45. The second kappa shape index (κ2) is 7.58. The highest BCUT2D eigenvalue weighted by Gasteiger charge is 2.18. The van der Waals surface area contributed by atoms with E-state index in [2.05, 4.69) is 10.8 Å². The monoisotopic (exact) mass is 358 g/mol. The standard InChI is InChI=1S/C20H26N2O2S/c1-22(2)19-12-6-11-18-17(19)10-7-13-20(18)25(23,24)21-15-14-16-8-4-3-5-9-16/h6-8,10-13,21H,3-5,9,14-15H2,1-2H3. The SMILES string of the molecule is CN(C)c1cccc2c(S(=O)(=O)NCCC3=CCCCC3)cccc12. The summed E-state index contributed by atoms with van der Waals surface area (Å²) in [6, 6.07) is 11.2. The molecule has 2 aromatic rings. The van der Waals surface area contributed by atoms with Crippen LogP contribution in [0.25, 0.3) is 10.8 Å². The van der Waals surface area contributed by atoms with Gasteiger partial charge in [0.25, 0.3) is 0 Å². The van der Waals surface area contributed by atoms with Gasteiger partial charge in [-0.2, -0.15) is 0 Å². The first-order chi connectivity index (χ1) is 12.0. The van der Waals surface area contributed by atoms with Crippen LogP contribution in [-0.2, 0) is 10.0 Å². The highest BCUT2D eigenvalue weighted by Crippen LogP contribution is 2.30. The fourth-order valence-corrected chi connectivity index (χ4v) is 4.70. The number of nitrogens with zero attached hydrogens (tertiary/aromatic N) is 1. The van der Waals surface area contributed by atoms with Crippen molar-refractivity contribution < 1.29 is 8.42 Å². The number of rotatable bonds is 6. The average Bonchev–Trinajstić information content (AvgIpc) is 2.61. The van der Waals surface area contributed by atoms with Gasteiger partial charge >= 0.3 is 0 Å². The molecule has 0 atom stereocenters. The van der Waals surface area contributed by atoms with Crippen LogP contribution in [0.4, 0.5) is 5.69 Å². The van der Waals surface area contributed by atoms with Gasteiger partial charge in [0.15, 0.2) is 0 Å². The van der Waals surface area contributed by atoms with Gasteiger partial charge in [-0.25, -0.2) is 13.1 Å². The molecule has 0 unspecified atom stereocenters. The molecule has 0 fully saturated rings. The van der Waals surface area contributed by atoms with Crippen LogP contribution in [0.3, 0.4) is 0 Å². The number of fused-ring (bicyclic) bond motifs is 1. The van der Waals surface area contributed by atoms with Crippen molar-refractivity contribution in [2.45, 2.75) is 37.0 Å². The van der Waals surface area contributed by atoms with E-state index in [-0.39, 0.29) is 0 Å². The van der Waals surface area contributed by atoms with Crippen molar-refractivity contribution in [1.82, 2.24) is 4.72 Å². The summed E-state index contributed by atoms with van der Waals surface area (Å²) >= 11 is 0. The summed E-state index contributed by atoms with van der Waals surface area (Å²) in [4.78, 5) is 2.35. The van der Waals surface area contributed by atoms with E-state index in [4.69, 9.17) is 0 Å². The lowest BCUT2D eigenvalue weighted by Gasteiger charge is -2.17. The highest BCUT2D eigenvalue weighted by molar-refractivity contribution is 7.89. The van der Waals surface area contributed by atoms with E-state index in [9.17, 15) is 8.42 Å². The van der Waals surface area contributed by atoms with Crippen LogP contribution < -0.4 is 9.62 Å². The molecule has 0 amide bonds. The van der Waals surface area contributed by atoms with Gasteiger partial charge in [-0.05, 0) is 44.2 Å². The average molecular weight is 359 g/mol. The number of sulfonamides is 1. The van der Waals surface area contributed by atoms with Crippen LogP contribution in [0.1, 0.15) is 32.1 Å². The normalized spacial score (nSPS) is 15.2. The zero-order chi connectivity index (χ0) is 17.9. The van der Waals surface area contributed by atoms with E-state index in [1.165, 1.54) is 18.4 Å². The van der Waals surface area contributed by atoms with E-state index in [1.54, 1.807) is 6.07 Å². The van der Waals surface area contributed by atoms with Crippen molar-refractivity contribution in [3.8, 4) is 0 Å². The molecule has 134 valence electrons. The molecule has 0 saturated heterocycles. The lowest BCUT2D eigenvalue weighted by atomic mass is 9.97. The Morgan fingerprint density at radius 1 is 1.04 bits per heavy atom. The maximum absolute atomic E-state index is 12.8. The fraction of sp³-hybridized carbons (Fsp3) is 0.400. The number of anilines is 1. The lowest BCUT2D eigenvalue weighted by molar-refractivity contribution is 0.580. The summed E-state index contributed by atoms with van der Waals surface area (Å²) in [6.07, 6.45) is 7.75. The zero-order valence-electron chi connectivity index (χ0n) is 15.0. The minimum Gasteiger partial charge on any atom is -0.377 e. The molecule has 0 heterocycles. The molecule has 1 aliphatic rings. The second-order valence-electron chi connectivity index (χ2n) is 6.78. The molecule has 3 rings (SSSR count). The predicted octanol–water partition coefficient (Wildman–Crippen LogP) is 4.07. The molecular formula is C20H26N2O2S. The Bertz CT molecular complexity index is 886. The van der Waals surface area contributed by atoms with Gasteiger partial charge in [-0.15, -0.1) is 0 Å². The molecule has 0 radical (unpaired) electrons. The molecule has 0 bridgehead atoms. The number of hydrogen-bond acceptors (Lipinski definition) is 3. The van der Waals surface area contributed by atoms with Crippen LogP contribution >= 0.6 is 0 Å². The number of allylic oxidation sites excluding steroid dienone is 1. The predicted molar refractivity (Wildman–Crippen MR) is 105 cm³/mol. The largest absolute Gasteiger partial charge is 0.377 e. The summed E-state index contributed by atoms with van der Waals surface area (Å²) in [5, 5.41) is 1.71. The molecule has 1 N–H and O–H groups in total. The molecule has 5 heteroatoms. The maximum Gasteiger partial charge on any atom is 0.241 e. The van der Waals surface area contributed by atoms with Crippen molar-refractivity contribution in [2.75, 3.05) is 25.5 Å². The number of benzene rings is 2. The topological polar surface area (TPSA) is 49.4 Å². The smallest absolute Gasteiger partial charge is 0.241 e. The van der Waals surface area contributed by atoms with Crippen LogP contribution in [0.5, 0.6) is 0 Å². The molecule has 1 aliphatic carbocycles. The summed E-state index contributed by atoms with van der Waals surface area (Å²) in [5.74, 6) is 0. The Hall–Kier alpha value is -1.85. The quantitative estimate of drug-likeness (QED) is 0.792. The summed E-state index contributed by atoms with van der Waals surface area (Å²) < 4.78 is 28.4. The molecule has 25 heavy (non-hydrogen) atoms. The van der Waals surface area contributed by atoms with Gasteiger partial charge in [0.05, 0.1) is 4.90 Å². The van der Waals surface area contributed by atoms with Crippen LogP contribution in [0.2, 0.25) is 0 Å². The highest BCUT2D eigenvalue weighted by atomic mass is 32.2. The molecule has 0 aliphatic heterocycles. The molecule has 0 aromatic heterocycles. The van der Waals surface area contributed by atoms with E-state index < -0.39 is 10.0 Å². The Labute approximate surface area is 150 Å². The Morgan fingerprint density at radius 3 is 2.52 bits per heavy atom. The molecule has 0 saturated carbocycles. The van der Waals surface area contributed by atoms with Crippen molar-refractivity contribution in [3.63, 3.8) is 0 Å². The van der Waals surface area contributed by atoms with Gasteiger partial charge in [0, 0.05) is 37.1 Å². The Morgan fingerprint density at radius 2 is 1.80 bits per heavy atom. The summed E-state index contributed by atoms with van der Waals surface area (Å²) in [5.41, 5.74) is 2.39. The maximum atomic E-state index is 12.8. The minimum absolute atomic E-state index is 0.353. The first kappa shape index (κ1) is 18.0. The molecule has 2 aromatic carbocycles. The van der Waals surface area contributed by atoms with Crippen LogP contribution in [0, 0.1) is 0 Å². The lowest BCUT2D eigenvalue weighted by Crippen LogP contribution is -2.25. The van der Waals surface area contributed by atoms with Crippen LogP contribution in [0.15, 0.2) is 52.9 Å². The zero-order valence-corrected chi connectivity index (χ0v) is 15.8. The van der Waals surface area contributed by atoms with Crippen molar-refractivity contribution >= 4 is 26.5 Å². The molecule has 0 spiro atoms. The first-order valence-electron chi connectivity index (χ1n) is 8.86. The van der Waals surface area contributed by atoms with Gasteiger partial charge in [0.2, 0.25) is 10.0 Å². The van der Waals surface area contributed by atoms with Gasteiger partial charge in [-0.1, -0.05) is 35.9 Å².